The van der Waals surface area contributed by atoms with Crippen LogP contribution in [0.5, 0.6) is 0 Å². The fourth-order valence-electron chi connectivity index (χ4n) is 2.94. The summed E-state index contributed by atoms with van der Waals surface area (Å²) in [6.45, 7) is 16.2. The molecular formula is C23H31N5. The van der Waals surface area contributed by atoms with Crippen molar-refractivity contribution in [2.24, 2.45) is 0 Å². The van der Waals surface area contributed by atoms with Crippen molar-refractivity contribution in [2.45, 2.75) is 55.4 Å². The predicted octanol–water partition coefficient (Wildman–Crippen LogP) is 5.83. The number of aromatic nitrogens is 4. The fraction of sp³-hybridized carbons (Fsp3) is 0.348. The standard InChI is InChI=1S/C10H9N3.C9H10N2.2C2H6/c1-7-3-4-13-10(7)8(2)9(5-11)6-12-13;1-7-3-5-10-11-6-4-8(2)9(7)11;2*1-2/h3-4,6H,1-2H3;3-6H,1-2H3;2*1-2H3. The number of nitrogens with zero attached hydrogens (tertiary/aromatic N) is 5. The van der Waals surface area contributed by atoms with Gasteiger partial charge in [0.15, 0.2) is 0 Å². The zero-order valence-electron chi connectivity index (χ0n) is 18.3. The number of hydrogen-bond donors (Lipinski definition) is 0. The van der Waals surface area contributed by atoms with Crippen LogP contribution in [0.15, 0.2) is 43.0 Å². The van der Waals surface area contributed by atoms with Gasteiger partial charge in [0.05, 0.1) is 22.8 Å². The van der Waals surface area contributed by atoms with E-state index in [1.54, 1.807) is 10.7 Å². The van der Waals surface area contributed by atoms with Gasteiger partial charge in [0.1, 0.15) is 6.07 Å². The molecule has 0 spiro atoms. The molecule has 4 aromatic heterocycles. The minimum atomic E-state index is 0.648. The minimum absolute atomic E-state index is 0.648. The Morgan fingerprint density at radius 3 is 1.79 bits per heavy atom. The van der Waals surface area contributed by atoms with Crippen molar-refractivity contribution in [3.63, 3.8) is 0 Å². The molecule has 0 fully saturated rings. The minimum Gasteiger partial charge on any atom is -0.241 e. The van der Waals surface area contributed by atoms with E-state index in [2.05, 4.69) is 36.2 Å². The second-order valence-electron chi connectivity index (χ2n) is 5.89. The van der Waals surface area contributed by atoms with Crippen molar-refractivity contribution >= 4 is 11.0 Å². The second kappa shape index (κ2) is 10.9. The third-order valence-electron chi connectivity index (χ3n) is 4.22. The quantitative estimate of drug-likeness (QED) is 0.387. The molecule has 0 amide bonds. The molecule has 0 aliphatic heterocycles. The molecule has 4 rings (SSSR count). The SMILES string of the molecule is CC.CC.Cc1ccn2ncc(C#N)c(C)c12.Cc1ccnn2ccc(C)c12. The van der Waals surface area contributed by atoms with Crippen LogP contribution in [0.1, 0.15) is 55.5 Å². The maximum Gasteiger partial charge on any atom is 0.101 e. The highest BCUT2D eigenvalue weighted by molar-refractivity contribution is 5.64. The van der Waals surface area contributed by atoms with Gasteiger partial charge in [0, 0.05) is 18.6 Å². The monoisotopic (exact) mass is 377 g/mol. The van der Waals surface area contributed by atoms with E-state index in [1.807, 2.05) is 76.8 Å². The van der Waals surface area contributed by atoms with E-state index >= 15 is 0 Å². The molecule has 0 N–H and O–H groups in total. The van der Waals surface area contributed by atoms with E-state index in [9.17, 15) is 0 Å². The lowest BCUT2D eigenvalue weighted by molar-refractivity contribution is 0.928. The van der Waals surface area contributed by atoms with E-state index in [0.29, 0.717) is 5.56 Å². The number of hydrogen-bond acceptors (Lipinski definition) is 3. The lowest BCUT2D eigenvalue weighted by atomic mass is 10.1. The maximum atomic E-state index is 8.81. The number of rotatable bonds is 0. The highest BCUT2D eigenvalue weighted by Crippen LogP contribution is 2.17. The molecule has 5 heteroatoms. The molecule has 0 saturated carbocycles. The van der Waals surface area contributed by atoms with E-state index in [4.69, 9.17) is 5.26 Å². The fourth-order valence-corrected chi connectivity index (χ4v) is 2.94. The summed E-state index contributed by atoms with van der Waals surface area (Å²) in [5, 5.41) is 17.1. The summed E-state index contributed by atoms with van der Waals surface area (Å²) in [6.07, 6.45) is 7.31. The first-order chi connectivity index (χ1) is 13.5. The average molecular weight is 378 g/mol. The number of fused-ring (bicyclic) bond motifs is 2. The first-order valence-electron chi connectivity index (χ1n) is 9.76. The van der Waals surface area contributed by atoms with Gasteiger partial charge in [-0.15, -0.1) is 0 Å². The van der Waals surface area contributed by atoms with Crippen LogP contribution in [0.25, 0.3) is 11.0 Å². The van der Waals surface area contributed by atoms with Crippen LogP contribution < -0.4 is 0 Å². The molecule has 0 unspecified atom stereocenters. The number of nitriles is 1. The van der Waals surface area contributed by atoms with Gasteiger partial charge in [-0.05, 0) is 68.1 Å². The highest BCUT2D eigenvalue weighted by Gasteiger charge is 2.06. The van der Waals surface area contributed by atoms with Crippen LogP contribution in [-0.4, -0.2) is 19.2 Å². The Morgan fingerprint density at radius 2 is 1.25 bits per heavy atom. The van der Waals surface area contributed by atoms with Crippen LogP contribution in [0, 0.1) is 39.0 Å². The van der Waals surface area contributed by atoms with Crippen molar-refractivity contribution in [2.75, 3.05) is 0 Å². The molecule has 0 bridgehead atoms. The Balaban J connectivity index is 0.000000240. The Kier molecular flexibility index (Phi) is 8.90. The van der Waals surface area contributed by atoms with Crippen molar-refractivity contribution in [1.82, 2.24) is 19.2 Å². The van der Waals surface area contributed by atoms with Crippen LogP contribution in [-0.2, 0) is 0 Å². The van der Waals surface area contributed by atoms with Crippen molar-refractivity contribution in [3.05, 3.63) is 70.8 Å². The zero-order valence-corrected chi connectivity index (χ0v) is 18.3. The van der Waals surface area contributed by atoms with Crippen LogP contribution in [0.4, 0.5) is 0 Å². The predicted molar refractivity (Wildman–Crippen MR) is 117 cm³/mol. The third-order valence-corrected chi connectivity index (χ3v) is 4.22. The molecule has 0 aromatic carbocycles. The van der Waals surface area contributed by atoms with Crippen LogP contribution in [0.3, 0.4) is 0 Å². The number of aryl methyl sites for hydroxylation is 4. The summed E-state index contributed by atoms with van der Waals surface area (Å²) in [5.41, 5.74) is 7.64. The summed E-state index contributed by atoms with van der Waals surface area (Å²) in [6, 6.07) is 8.23. The van der Waals surface area contributed by atoms with Crippen LogP contribution >= 0.6 is 0 Å². The van der Waals surface area contributed by atoms with Gasteiger partial charge in [-0.2, -0.15) is 15.5 Å². The van der Waals surface area contributed by atoms with Gasteiger partial charge in [-0.1, -0.05) is 27.7 Å². The molecule has 0 saturated heterocycles. The van der Waals surface area contributed by atoms with Crippen molar-refractivity contribution in [1.29, 1.82) is 5.26 Å². The Bertz CT molecular complexity index is 1060. The first-order valence-corrected chi connectivity index (χ1v) is 9.76. The largest absolute Gasteiger partial charge is 0.241 e. The van der Waals surface area contributed by atoms with E-state index in [-0.39, 0.29) is 0 Å². The van der Waals surface area contributed by atoms with E-state index < -0.39 is 0 Å². The van der Waals surface area contributed by atoms with Crippen molar-refractivity contribution < 1.29 is 0 Å². The van der Waals surface area contributed by atoms with Gasteiger partial charge < -0.3 is 0 Å². The molecule has 28 heavy (non-hydrogen) atoms. The zero-order chi connectivity index (χ0) is 21.3. The Morgan fingerprint density at radius 1 is 0.750 bits per heavy atom. The highest BCUT2D eigenvalue weighted by atomic mass is 15.2. The van der Waals surface area contributed by atoms with E-state index in [0.717, 1.165) is 16.6 Å². The Labute approximate surface area is 168 Å². The Hall–Kier alpha value is -3.13. The van der Waals surface area contributed by atoms with Crippen molar-refractivity contribution in [3.8, 4) is 6.07 Å². The summed E-state index contributed by atoms with van der Waals surface area (Å²) in [5.74, 6) is 0. The molecule has 5 nitrogen and oxygen atoms in total. The molecule has 148 valence electrons. The van der Waals surface area contributed by atoms with Crippen LogP contribution in [0.2, 0.25) is 0 Å². The summed E-state index contributed by atoms with van der Waals surface area (Å²) in [4.78, 5) is 0. The molecule has 0 aliphatic rings. The third kappa shape index (κ3) is 4.77. The molecular weight excluding hydrogens is 346 g/mol. The van der Waals surface area contributed by atoms with Gasteiger partial charge in [0.25, 0.3) is 0 Å². The first kappa shape index (κ1) is 22.9. The van der Waals surface area contributed by atoms with Gasteiger partial charge in [-0.25, -0.2) is 9.03 Å². The summed E-state index contributed by atoms with van der Waals surface area (Å²) < 4.78 is 3.70. The molecule has 0 atom stereocenters. The lowest BCUT2D eigenvalue weighted by Gasteiger charge is -2.01. The molecule has 0 aliphatic carbocycles. The average Bonchev–Trinajstić information content (AvgIpc) is 3.30. The molecule has 4 heterocycles. The summed E-state index contributed by atoms with van der Waals surface area (Å²) in [7, 11) is 0. The molecule has 4 aromatic rings. The van der Waals surface area contributed by atoms with Gasteiger partial charge in [0.2, 0.25) is 0 Å². The second-order valence-corrected chi connectivity index (χ2v) is 5.89. The van der Waals surface area contributed by atoms with E-state index in [1.165, 1.54) is 16.6 Å². The summed E-state index contributed by atoms with van der Waals surface area (Å²) >= 11 is 0. The topological polar surface area (TPSA) is 58.4 Å². The maximum absolute atomic E-state index is 8.81. The normalized spacial score (nSPS) is 9.39. The lowest BCUT2D eigenvalue weighted by Crippen LogP contribution is -1.95. The smallest absolute Gasteiger partial charge is 0.101 e. The van der Waals surface area contributed by atoms with Gasteiger partial charge in [-0.3, -0.25) is 0 Å². The van der Waals surface area contributed by atoms with Gasteiger partial charge >= 0.3 is 0 Å². The molecule has 0 radical (unpaired) electrons.